The molecule has 0 saturated heterocycles. The van der Waals surface area contributed by atoms with E-state index in [2.05, 4.69) is 46.3 Å². The van der Waals surface area contributed by atoms with E-state index in [1.54, 1.807) is 15.9 Å². The van der Waals surface area contributed by atoms with Crippen LogP contribution in [0.4, 0.5) is 4.79 Å². The Labute approximate surface area is 184 Å². The Morgan fingerprint density at radius 1 is 1.03 bits per heavy atom. The van der Waals surface area contributed by atoms with Crippen molar-refractivity contribution in [1.29, 1.82) is 0 Å². The molecule has 2 amide bonds. The average molecular weight is 421 g/mol. The number of nitrogens with zero attached hydrogens (tertiary/aromatic N) is 5. The van der Waals surface area contributed by atoms with E-state index < -0.39 is 0 Å². The first-order valence-electron chi connectivity index (χ1n) is 10.8. The monoisotopic (exact) mass is 420 g/mol. The van der Waals surface area contributed by atoms with Crippen LogP contribution in [0.1, 0.15) is 44.0 Å². The molecule has 1 N–H and O–H groups in total. The minimum absolute atomic E-state index is 0.0616. The molecule has 0 spiro atoms. The number of likely N-dealkylation sites (N-methyl/N-ethyl adjacent to an activating group) is 1. The summed E-state index contributed by atoms with van der Waals surface area (Å²) >= 11 is 0. The van der Waals surface area contributed by atoms with Crippen molar-refractivity contribution in [3.63, 3.8) is 0 Å². The van der Waals surface area contributed by atoms with E-state index in [9.17, 15) is 4.79 Å². The van der Waals surface area contributed by atoms with Gasteiger partial charge in [-0.05, 0) is 43.3 Å². The van der Waals surface area contributed by atoms with Crippen LogP contribution in [0, 0.1) is 0 Å². The summed E-state index contributed by atoms with van der Waals surface area (Å²) in [5, 5.41) is 7.28. The van der Waals surface area contributed by atoms with Crippen LogP contribution in [0.25, 0.3) is 5.69 Å². The first-order chi connectivity index (χ1) is 15.0. The number of carbonyl (C=O) groups excluding carboxylic acids is 1. The Kier molecular flexibility index (Phi) is 7.78. The van der Waals surface area contributed by atoms with Gasteiger partial charge in [0.25, 0.3) is 0 Å². The van der Waals surface area contributed by atoms with E-state index in [4.69, 9.17) is 0 Å². The lowest BCUT2D eigenvalue weighted by molar-refractivity contribution is 0.180. The Balaban J connectivity index is 1.64. The van der Waals surface area contributed by atoms with Crippen molar-refractivity contribution in [2.45, 2.75) is 32.9 Å². The number of rotatable bonds is 9. The van der Waals surface area contributed by atoms with Crippen LogP contribution < -0.4 is 5.32 Å². The first kappa shape index (κ1) is 22.5. The van der Waals surface area contributed by atoms with Gasteiger partial charge in [0.2, 0.25) is 0 Å². The highest BCUT2D eigenvalue weighted by Gasteiger charge is 2.22. The van der Waals surface area contributed by atoms with Gasteiger partial charge in [-0.3, -0.25) is 4.90 Å². The van der Waals surface area contributed by atoms with E-state index in [-0.39, 0.29) is 18.1 Å². The maximum atomic E-state index is 12.9. The third-order valence-electron chi connectivity index (χ3n) is 5.84. The van der Waals surface area contributed by atoms with Crippen molar-refractivity contribution < 1.29 is 4.79 Å². The highest BCUT2D eigenvalue weighted by Crippen LogP contribution is 2.22. The molecule has 0 bridgehead atoms. The van der Waals surface area contributed by atoms with Crippen LogP contribution in [0.2, 0.25) is 0 Å². The van der Waals surface area contributed by atoms with E-state index in [1.807, 2.05) is 56.4 Å². The number of aromatic nitrogens is 3. The quantitative estimate of drug-likeness (QED) is 0.567. The molecule has 1 heterocycles. The van der Waals surface area contributed by atoms with Crippen molar-refractivity contribution in [3.05, 3.63) is 78.4 Å². The van der Waals surface area contributed by atoms with Gasteiger partial charge in [-0.2, -0.15) is 5.10 Å². The van der Waals surface area contributed by atoms with Crippen molar-refractivity contribution >= 4 is 6.03 Å². The van der Waals surface area contributed by atoms with Crippen molar-refractivity contribution in [3.8, 4) is 5.69 Å². The molecule has 2 atom stereocenters. The molecule has 0 fully saturated rings. The smallest absolute Gasteiger partial charge is 0.317 e. The van der Waals surface area contributed by atoms with Crippen LogP contribution in [-0.2, 0) is 0 Å². The zero-order chi connectivity index (χ0) is 22.2. The van der Waals surface area contributed by atoms with Crippen LogP contribution >= 0.6 is 0 Å². The molecule has 0 aliphatic heterocycles. The number of benzene rings is 2. The number of carbonyl (C=O) groups is 1. The third kappa shape index (κ3) is 5.49. The minimum atomic E-state index is -0.0825. The second-order valence-corrected chi connectivity index (χ2v) is 7.55. The molecule has 0 radical (unpaired) electrons. The van der Waals surface area contributed by atoms with Crippen LogP contribution in [0.3, 0.4) is 0 Å². The Hall–Kier alpha value is -3.19. The molecule has 2 unspecified atom stereocenters. The summed E-state index contributed by atoms with van der Waals surface area (Å²) in [6, 6.07) is 18.4. The van der Waals surface area contributed by atoms with Crippen molar-refractivity contribution in [2.75, 3.05) is 26.7 Å². The molecular formula is C24H32N6O. The fourth-order valence-corrected chi connectivity index (χ4v) is 3.75. The second kappa shape index (κ2) is 10.7. The van der Waals surface area contributed by atoms with Gasteiger partial charge in [-0.15, -0.1) is 0 Å². The lowest BCUT2D eigenvalue weighted by Gasteiger charge is -2.32. The van der Waals surface area contributed by atoms with Gasteiger partial charge in [-0.1, -0.05) is 56.3 Å². The predicted molar refractivity (Wildman–Crippen MR) is 123 cm³/mol. The summed E-state index contributed by atoms with van der Waals surface area (Å²) < 4.78 is 1.71. The normalized spacial score (nSPS) is 13.1. The van der Waals surface area contributed by atoms with Gasteiger partial charge in [0.1, 0.15) is 12.7 Å². The highest BCUT2D eigenvalue weighted by molar-refractivity contribution is 5.74. The van der Waals surface area contributed by atoms with Gasteiger partial charge in [0, 0.05) is 13.6 Å². The highest BCUT2D eigenvalue weighted by atomic mass is 16.2. The van der Waals surface area contributed by atoms with Gasteiger partial charge >= 0.3 is 6.03 Å². The Bertz CT molecular complexity index is 922. The molecule has 2 aromatic carbocycles. The molecule has 3 rings (SSSR count). The van der Waals surface area contributed by atoms with E-state index in [0.717, 1.165) is 24.3 Å². The lowest BCUT2D eigenvalue weighted by Crippen LogP contribution is -2.43. The fraction of sp³-hybridized carbons (Fsp3) is 0.375. The van der Waals surface area contributed by atoms with Crippen LogP contribution in [0.5, 0.6) is 0 Å². The van der Waals surface area contributed by atoms with Gasteiger partial charge < -0.3 is 10.2 Å². The molecule has 7 nitrogen and oxygen atoms in total. The fourth-order valence-electron chi connectivity index (χ4n) is 3.75. The summed E-state index contributed by atoms with van der Waals surface area (Å²) in [7, 11) is 1.83. The van der Waals surface area contributed by atoms with Crippen LogP contribution in [-0.4, -0.2) is 57.3 Å². The molecule has 1 aromatic heterocycles. The molecule has 0 aliphatic carbocycles. The van der Waals surface area contributed by atoms with Gasteiger partial charge in [0.15, 0.2) is 0 Å². The van der Waals surface area contributed by atoms with E-state index >= 15 is 0 Å². The topological polar surface area (TPSA) is 66.3 Å². The molecule has 7 heteroatoms. The van der Waals surface area contributed by atoms with Gasteiger partial charge in [0.05, 0.1) is 17.8 Å². The number of nitrogens with one attached hydrogen (secondary N) is 1. The first-order valence-corrected chi connectivity index (χ1v) is 10.8. The summed E-state index contributed by atoms with van der Waals surface area (Å²) in [5.74, 6) is 0. The number of urea groups is 1. The second-order valence-electron chi connectivity index (χ2n) is 7.55. The zero-order valence-corrected chi connectivity index (χ0v) is 18.8. The SMILES string of the molecule is CCN(CC)C(CNC(=O)N(C)C(C)c1ccc(-n2cncn2)cc1)c1ccccc1. The average Bonchev–Trinajstić information content (AvgIpc) is 3.36. The Morgan fingerprint density at radius 3 is 2.29 bits per heavy atom. The minimum Gasteiger partial charge on any atom is -0.336 e. The number of hydrogen-bond donors (Lipinski definition) is 1. The number of hydrogen-bond acceptors (Lipinski definition) is 4. The maximum absolute atomic E-state index is 12.9. The van der Waals surface area contributed by atoms with Crippen LogP contribution in [0.15, 0.2) is 67.3 Å². The Morgan fingerprint density at radius 2 is 1.71 bits per heavy atom. The standard InChI is InChI=1S/C24H32N6O/c1-5-29(6-2)23(21-10-8-7-9-11-21)16-26-24(31)28(4)19(3)20-12-14-22(15-13-20)30-18-25-17-27-30/h7-15,17-19,23H,5-6,16H2,1-4H3,(H,26,31). The molecular weight excluding hydrogens is 388 g/mol. The summed E-state index contributed by atoms with van der Waals surface area (Å²) in [6.07, 6.45) is 3.17. The largest absolute Gasteiger partial charge is 0.336 e. The zero-order valence-electron chi connectivity index (χ0n) is 18.8. The number of amides is 2. The van der Waals surface area contributed by atoms with Crippen molar-refractivity contribution in [1.82, 2.24) is 29.9 Å². The molecule has 3 aromatic rings. The maximum Gasteiger partial charge on any atom is 0.317 e. The summed E-state index contributed by atoms with van der Waals surface area (Å²) in [4.78, 5) is 21.0. The predicted octanol–water partition coefficient (Wildman–Crippen LogP) is 4.05. The lowest BCUT2D eigenvalue weighted by atomic mass is 10.0. The third-order valence-corrected chi connectivity index (χ3v) is 5.84. The summed E-state index contributed by atoms with van der Waals surface area (Å²) in [5.41, 5.74) is 3.21. The van der Waals surface area contributed by atoms with E-state index in [1.165, 1.54) is 11.9 Å². The molecule has 31 heavy (non-hydrogen) atoms. The van der Waals surface area contributed by atoms with Crippen molar-refractivity contribution in [2.24, 2.45) is 0 Å². The molecule has 0 saturated carbocycles. The van der Waals surface area contributed by atoms with Gasteiger partial charge in [-0.25, -0.2) is 14.5 Å². The van der Waals surface area contributed by atoms with E-state index in [0.29, 0.717) is 6.54 Å². The molecule has 164 valence electrons. The molecule has 0 aliphatic rings. The summed E-state index contributed by atoms with van der Waals surface area (Å²) in [6.45, 7) is 8.75.